The van der Waals surface area contributed by atoms with Gasteiger partial charge in [0.05, 0.1) is 4.88 Å². The number of benzene rings is 1. The Kier molecular flexibility index (Phi) is 4.26. The molecule has 2 aliphatic rings. The van der Waals surface area contributed by atoms with E-state index in [2.05, 4.69) is 30.3 Å². The molecule has 3 nitrogen and oxygen atoms in total. The molecule has 0 radical (unpaired) electrons. The molecule has 1 aliphatic heterocycles. The van der Waals surface area contributed by atoms with Crippen molar-refractivity contribution in [3.8, 4) is 10.4 Å². The Bertz CT molecular complexity index is 712. The molecule has 2 N–H and O–H groups in total. The van der Waals surface area contributed by atoms with Gasteiger partial charge in [0.2, 0.25) is 0 Å². The highest BCUT2D eigenvalue weighted by Gasteiger charge is 2.27. The highest BCUT2D eigenvalue weighted by Crippen LogP contribution is 2.39. The Morgan fingerprint density at radius 1 is 1.23 bits per heavy atom. The minimum atomic E-state index is 0. The zero-order valence-electron chi connectivity index (χ0n) is 12.2. The standard InChI is InChI=1S/C17H18N2OS.ClH/c18-13-7-8-19(10-13)17(20)15-9-12-6-5-11-3-1-2-4-14(11)16(12)21-15;/h1-4,9,13H,5-8,10,18H2;1H/t13-;/m1./s1. The number of hydrogen-bond acceptors (Lipinski definition) is 3. The summed E-state index contributed by atoms with van der Waals surface area (Å²) in [4.78, 5) is 16.6. The Hall–Kier alpha value is -1.36. The molecule has 2 aromatic rings. The molecule has 116 valence electrons. The average molecular weight is 335 g/mol. The van der Waals surface area contributed by atoms with Gasteiger partial charge in [-0.05, 0) is 42.0 Å². The largest absolute Gasteiger partial charge is 0.336 e. The number of rotatable bonds is 1. The van der Waals surface area contributed by atoms with Crippen molar-refractivity contribution < 1.29 is 4.79 Å². The molecule has 1 saturated heterocycles. The number of carbonyl (C=O) groups excluding carboxylic acids is 1. The summed E-state index contributed by atoms with van der Waals surface area (Å²) in [7, 11) is 0. The summed E-state index contributed by atoms with van der Waals surface area (Å²) in [6.45, 7) is 1.48. The predicted molar refractivity (Wildman–Crippen MR) is 92.9 cm³/mol. The molecule has 0 spiro atoms. The molecule has 0 unspecified atom stereocenters. The van der Waals surface area contributed by atoms with Crippen molar-refractivity contribution in [2.75, 3.05) is 13.1 Å². The summed E-state index contributed by atoms with van der Waals surface area (Å²) in [5.74, 6) is 0.153. The lowest BCUT2D eigenvalue weighted by Crippen LogP contribution is -2.31. The van der Waals surface area contributed by atoms with Crippen molar-refractivity contribution >= 4 is 29.7 Å². The zero-order valence-corrected chi connectivity index (χ0v) is 13.9. The molecule has 0 bridgehead atoms. The molecule has 22 heavy (non-hydrogen) atoms. The summed E-state index contributed by atoms with van der Waals surface area (Å²) in [6.07, 6.45) is 3.03. The van der Waals surface area contributed by atoms with Gasteiger partial charge in [0.25, 0.3) is 5.91 Å². The molecule has 5 heteroatoms. The van der Waals surface area contributed by atoms with Crippen LogP contribution in [0, 0.1) is 0 Å². The predicted octanol–water partition coefficient (Wildman–Crippen LogP) is 3.11. The van der Waals surface area contributed by atoms with E-state index in [-0.39, 0.29) is 24.4 Å². The average Bonchev–Trinajstić information content (AvgIpc) is 3.12. The number of aryl methyl sites for hydroxylation is 2. The van der Waals surface area contributed by atoms with Gasteiger partial charge in [0.1, 0.15) is 0 Å². The molecule has 4 rings (SSSR count). The third-order valence-electron chi connectivity index (χ3n) is 4.46. The molecule has 1 aliphatic carbocycles. The summed E-state index contributed by atoms with van der Waals surface area (Å²) >= 11 is 1.64. The van der Waals surface area contributed by atoms with Crippen molar-refractivity contribution in [2.45, 2.75) is 25.3 Å². The zero-order chi connectivity index (χ0) is 14.4. The number of likely N-dealkylation sites (tertiary alicyclic amines) is 1. The van der Waals surface area contributed by atoms with Gasteiger partial charge < -0.3 is 10.6 Å². The molecular weight excluding hydrogens is 316 g/mol. The topological polar surface area (TPSA) is 46.3 Å². The lowest BCUT2D eigenvalue weighted by molar-refractivity contribution is 0.0795. The van der Waals surface area contributed by atoms with Crippen LogP contribution >= 0.6 is 23.7 Å². The van der Waals surface area contributed by atoms with Crippen molar-refractivity contribution in [3.63, 3.8) is 0 Å². The number of thiophene rings is 1. The Labute approximate surface area is 140 Å². The van der Waals surface area contributed by atoms with Crippen LogP contribution in [0.2, 0.25) is 0 Å². The van der Waals surface area contributed by atoms with Gasteiger partial charge >= 0.3 is 0 Å². The highest BCUT2D eigenvalue weighted by molar-refractivity contribution is 7.17. The lowest BCUT2D eigenvalue weighted by atomic mass is 9.91. The van der Waals surface area contributed by atoms with E-state index in [1.807, 2.05) is 4.90 Å². The number of nitrogens with two attached hydrogens (primary N) is 1. The first-order valence-corrected chi connectivity index (χ1v) is 8.30. The fourth-order valence-electron chi connectivity index (χ4n) is 3.30. The van der Waals surface area contributed by atoms with Crippen LogP contribution in [0.3, 0.4) is 0 Å². The summed E-state index contributed by atoms with van der Waals surface area (Å²) in [5, 5.41) is 0. The number of amides is 1. The minimum absolute atomic E-state index is 0. The van der Waals surface area contributed by atoms with E-state index in [1.54, 1.807) is 11.3 Å². The molecule has 1 atom stereocenters. The van der Waals surface area contributed by atoms with Crippen LogP contribution < -0.4 is 5.73 Å². The van der Waals surface area contributed by atoms with Crippen molar-refractivity contribution in [1.82, 2.24) is 4.90 Å². The van der Waals surface area contributed by atoms with Gasteiger partial charge in [0, 0.05) is 24.0 Å². The first kappa shape index (κ1) is 15.5. The van der Waals surface area contributed by atoms with Crippen LogP contribution in [-0.2, 0) is 12.8 Å². The van der Waals surface area contributed by atoms with Crippen LogP contribution in [-0.4, -0.2) is 29.9 Å². The van der Waals surface area contributed by atoms with E-state index in [1.165, 1.54) is 21.6 Å². The maximum atomic E-state index is 12.6. The summed E-state index contributed by atoms with van der Waals surface area (Å²) in [6, 6.07) is 10.8. The SMILES string of the molecule is Cl.N[C@@H]1CCN(C(=O)c2cc3c(s2)-c2ccccc2CC3)C1. The number of fused-ring (bicyclic) bond motifs is 3. The van der Waals surface area contributed by atoms with Gasteiger partial charge in [-0.15, -0.1) is 23.7 Å². The normalized spacial score (nSPS) is 19.3. The van der Waals surface area contributed by atoms with Gasteiger partial charge in [-0.1, -0.05) is 24.3 Å². The minimum Gasteiger partial charge on any atom is -0.336 e. The highest BCUT2D eigenvalue weighted by atomic mass is 35.5. The van der Waals surface area contributed by atoms with Crippen LogP contribution in [0.1, 0.15) is 27.2 Å². The van der Waals surface area contributed by atoms with Crippen LogP contribution in [0.25, 0.3) is 10.4 Å². The van der Waals surface area contributed by atoms with E-state index in [0.717, 1.165) is 30.7 Å². The van der Waals surface area contributed by atoms with E-state index in [4.69, 9.17) is 5.73 Å². The quantitative estimate of drug-likeness (QED) is 0.871. The Morgan fingerprint density at radius 3 is 2.77 bits per heavy atom. The van der Waals surface area contributed by atoms with E-state index >= 15 is 0 Å². The van der Waals surface area contributed by atoms with Gasteiger partial charge in [-0.2, -0.15) is 0 Å². The maximum Gasteiger partial charge on any atom is 0.264 e. The fourth-order valence-corrected chi connectivity index (χ4v) is 4.54. The van der Waals surface area contributed by atoms with Gasteiger partial charge in [0.15, 0.2) is 0 Å². The van der Waals surface area contributed by atoms with Crippen LogP contribution in [0.15, 0.2) is 30.3 Å². The molecule has 0 saturated carbocycles. The Balaban J connectivity index is 0.00000144. The van der Waals surface area contributed by atoms with Crippen molar-refractivity contribution in [1.29, 1.82) is 0 Å². The molecule has 1 aromatic carbocycles. The molecule has 1 aromatic heterocycles. The monoisotopic (exact) mass is 334 g/mol. The fraction of sp³-hybridized carbons (Fsp3) is 0.353. The number of halogens is 1. The molecular formula is C17H19ClN2OS. The molecule has 1 fully saturated rings. The number of carbonyl (C=O) groups is 1. The van der Waals surface area contributed by atoms with Gasteiger partial charge in [-0.25, -0.2) is 0 Å². The van der Waals surface area contributed by atoms with E-state index in [0.29, 0.717) is 6.54 Å². The second-order valence-electron chi connectivity index (χ2n) is 5.92. The first-order chi connectivity index (χ1) is 10.2. The van der Waals surface area contributed by atoms with Crippen LogP contribution in [0.4, 0.5) is 0 Å². The van der Waals surface area contributed by atoms with E-state index < -0.39 is 0 Å². The van der Waals surface area contributed by atoms with Crippen LogP contribution in [0.5, 0.6) is 0 Å². The third kappa shape index (κ3) is 2.56. The van der Waals surface area contributed by atoms with Crippen molar-refractivity contribution in [2.24, 2.45) is 5.73 Å². The first-order valence-electron chi connectivity index (χ1n) is 7.48. The lowest BCUT2D eigenvalue weighted by Gasteiger charge is -2.15. The maximum absolute atomic E-state index is 12.6. The molecule has 2 heterocycles. The Morgan fingerprint density at radius 2 is 2.00 bits per heavy atom. The third-order valence-corrected chi connectivity index (χ3v) is 5.66. The van der Waals surface area contributed by atoms with Crippen molar-refractivity contribution in [3.05, 3.63) is 46.3 Å². The number of nitrogens with zero attached hydrogens (tertiary/aromatic N) is 1. The summed E-state index contributed by atoms with van der Waals surface area (Å²) in [5.41, 5.74) is 9.94. The summed E-state index contributed by atoms with van der Waals surface area (Å²) < 4.78 is 0. The van der Waals surface area contributed by atoms with Gasteiger partial charge in [-0.3, -0.25) is 4.79 Å². The van der Waals surface area contributed by atoms with E-state index in [9.17, 15) is 4.79 Å². The smallest absolute Gasteiger partial charge is 0.264 e. The molecule has 1 amide bonds. The second kappa shape index (κ2) is 6.03. The number of hydrogen-bond donors (Lipinski definition) is 1. The second-order valence-corrected chi connectivity index (χ2v) is 6.97.